The number of hydrogen-bond acceptors (Lipinski definition) is 5. The summed E-state index contributed by atoms with van der Waals surface area (Å²) in [7, 11) is 1.51. The number of nitriles is 1. The predicted octanol–water partition coefficient (Wildman–Crippen LogP) is 1.39. The number of H-pyrrole nitrogens is 1. The van der Waals surface area contributed by atoms with Gasteiger partial charge in [-0.25, -0.2) is 5.10 Å². The fourth-order valence-electron chi connectivity index (χ4n) is 1.47. The Hall–Kier alpha value is -2.33. The number of aromatic nitrogens is 3. The Morgan fingerprint density at radius 1 is 1.59 bits per heavy atom. The Labute approximate surface area is 102 Å². The average Bonchev–Trinajstić information content (AvgIpc) is 2.68. The van der Waals surface area contributed by atoms with Crippen LogP contribution in [0.25, 0.3) is 5.69 Å². The van der Waals surface area contributed by atoms with E-state index in [1.165, 1.54) is 11.7 Å². The molecule has 7 heteroatoms. The van der Waals surface area contributed by atoms with Crippen molar-refractivity contribution in [3.63, 3.8) is 0 Å². The van der Waals surface area contributed by atoms with Crippen molar-refractivity contribution in [3.05, 3.63) is 28.5 Å². The number of nitrogens with one attached hydrogen (secondary N) is 1. The lowest BCUT2D eigenvalue weighted by Crippen LogP contribution is -2.03. The Morgan fingerprint density at radius 2 is 2.35 bits per heavy atom. The van der Waals surface area contributed by atoms with Crippen LogP contribution in [-0.4, -0.2) is 21.9 Å². The fraction of sp³-hybridized carbons (Fsp3) is 0.100. The van der Waals surface area contributed by atoms with E-state index in [4.69, 9.17) is 28.0 Å². The molecule has 1 aromatic carbocycles. The van der Waals surface area contributed by atoms with Crippen molar-refractivity contribution in [1.82, 2.24) is 14.8 Å². The number of hydrogen-bond donors (Lipinski definition) is 2. The van der Waals surface area contributed by atoms with Gasteiger partial charge in [0.15, 0.2) is 0 Å². The number of anilines is 1. The monoisotopic (exact) mass is 247 g/mol. The minimum Gasteiger partial charge on any atom is -0.495 e. The van der Waals surface area contributed by atoms with Gasteiger partial charge in [0, 0.05) is 6.07 Å². The number of rotatable bonds is 2. The molecule has 86 valence electrons. The molecule has 0 radical (unpaired) electrons. The molecule has 0 amide bonds. The van der Waals surface area contributed by atoms with Gasteiger partial charge >= 0.3 is 0 Å². The maximum Gasteiger partial charge on any atom is 0.225 e. The maximum absolute atomic E-state index is 8.81. The smallest absolute Gasteiger partial charge is 0.225 e. The molecule has 0 aliphatic carbocycles. The summed E-state index contributed by atoms with van der Waals surface area (Å²) in [5.74, 6) is 0.742. The zero-order chi connectivity index (χ0) is 12.4. The van der Waals surface area contributed by atoms with Crippen LogP contribution in [0.4, 0.5) is 5.95 Å². The largest absolute Gasteiger partial charge is 0.495 e. The molecule has 2 aromatic rings. The highest BCUT2D eigenvalue weighted by Gasteiger charge is 2.11. The first-order valence-electron chi connectivity index (χ1n) is 4.68. The number of benzene rings is 1. The number of nitrogen functional groups attached to an aromatic ring is 1. The summed E-state index contributed by atoms with van der Waals surface area (Å²) in [6, 6.07) is 7.01. The fourth-order valence-corrected chi connectivity index (χ4v) is 1.71. The summed E-state index contributed by atoms with van der Waals surface area (Å²) >= 11 is 5.07. The number of methoxy groups -OCH3 is 1. The van der Waals surface area contributed by atoms with Crippen molar-refractivity contribution in [1.29, 1.82) is 5.26 Å². The molecule has 0 bridgehead atoms. The lowest BCUT2D eigenvalue weighted by atomic mass is 10.2. The molecule has 3 N–H and O–H groups in total. The van der Waals surface area contributed by atoms with Crippen LogP contribution in [0.2, 0.25) is 0 Å². The molecule has 17 heavy (non-hydrogen) atoms. The second kappa shape index (κ2) is 4.27. The third-order valence-electron chi connectivity index (χ3n) is 2.25. The molecule has 0 spiro atoms. The molecule has 2 rings (SSSR count). The van der Waals surface area contributed by atoms with Crippen LogP contribution in [0.5, 0.6) is 5.75 Å². The van der Waals surface area contributed by atoms with Gasteiger partial charge in [0.2, 0.25) is 10.7 Å². The van der Waals surface area contributed by atoms with Crippen LogP contribution in [0.15, 0.2) is 18.2 Å². The van der Waals surface area contributed by atoms with Crippen molar-refractivity contribution in [3.8, 4) is 17.5 Å². The van der Waals surface area contributed by atoms with Gasteiger partial charge in [0.05, 0.1) is 24.4 Å². The predicted molar refractivity (Wildman–Crippen MR) is 64.4 cm³/mol. The molecule has 0 atom stereocenters. The Morgan fingerprint density at radius 3 is 2.88 bits per heavy atom. The summed E-state index contributed by atoms with van der Waals surface area (Å²) in [5, 5.41) is 15.2. The summed E-state index contributed by atoms with van der Waals surface area (Å²) in [5.41, 5.74) is 6.84. The summed E-state index contributed by atoms with van der Waals surface area (Å²) in [4.78, 5) is 0. The van der Waals surface area contributed by atoms with E-state index < -0.39 is 0 Å². The first-order valence-corrected chi connectivity index (χ1v) is 5.09. The second-order valence-corrected chi connectivity index (χ2v) is 3.61. The molecule has 0 aliphatic heterocycles. The van der Waals surface area contributed by atoms with E-state index >= 15 is 0 Å². The van der Waals surface area contributed by atoms with Gasteiger partial charge in [-0.05, 0) is 24.4 Å². The lowest BCUT2D eigenvalue weighted by molar-refractivity contribution is 0.412. The molecule has 0 aliphatic rings. The van der Waals surface area contributed by atoms with E-state index in [9.17, 15) is 0 Å². The summed E-state index contributed by atoms with van der Waals surface area (Å²) < 4.78 is 7.11. The number of nitrogens with two attached hydrogens (primary N) is 1. The topological polar surface area (TPSA) is 92.7 Å². The zero-order valence-electron chi connectivity index (χ0n) is 8.97. The number of ether oxygens (including phenoxy) is 1. The molecular weight excluding hydrogens is 238 g/mol. The standard InChI is InChI=1S/C10H9N5OS/c1-16-8-4-6(5-11)2-3-7(8)15-9(12)13-14-10(15)17/h2-4H,1H3,(H2,12,13)(H,14,17). The molecular formula is C10H9N5OS. The van der Waals surface area contributed by atoms with Gasteiger partial charge in [-0.3, -0.25) is 4.57 Å². The minimum atomic E-state index is 0.234. The van der Waals surface area contributed by atoms with E-state index in [0.29, 0.717) is 21.8 Å². The SMILES string of the molecule is COc1cc(C#N)ccc1-n1c(N)n[nH]c1=S. The molecule has 0 saturated carbocycles. The highest BCUT2D eigenvalue weighted by Crippen LogP contribution is 2.25. The molecule has 0 fully saturated rings. The zero-order valence-corrected chi connectivity index (χ0v) is 9.78. The molecule has 0 saturated heterocycles. The van der Waals surface area contributed by atoms with Gasteiger partial charge < -0.3 is 10.5 Å². The van der Waals surface area contributed by atoms with E-state index in [1.807, 2.05) is 6.07 Å². The molecule has 1 aromatic heterocycles. The van der Waals surface area contributed by atoms with Crippen molar-refractivity contribution in [2.45, 2.75) is 0 Å². The summed E-state index contributed by atoms with van der Waals surface area (Å²) in [6.07, 6.45) is 0. The average molecular weight is 247 g/mol. The quantitative estimate of drug-likeness (QED) is 0.782. The maximum atomic E-state index is 8.81. The van der Waals surface area contributed by atoms with Crippen LogP contribution in [0, 0.1) is 16.1 Å². The van der Waals surface area contributed by atoms with Gasteiger partial charge in [-0.2, -0.15) is 5.26 Å². The van der Waals surface area contributed by atoms with Crippen molar-refractivity contribution >= 4 is 18.2 Å². The highest BCUT2D eigenvalue weighted by atomic mass is 32.1. The van der Waals surface area contributed by atoms with Gasteiger partial charge in [-0.15, -0.1) is 5.10 Å². The summed E-state index contributed by atoms with van der Waals surface area (Å²) in [6.45, 7) is 0. The molecule has 1 heterocycles. The second-order valence-electron chi connectivity index (χ2n) is 3.22. The highest BCUT2D eigenvalue weighted by molar-refractivity contribution is 7.71. The van der Waals surface area contributed by atoms with Crippen LogP contribution in [-0.2, 0) is 0 Å². The van der Waals surface area contributed by atoms with Crippen LogP contribution >= 0.6 is 12.2 Å². The minimum absolute atomic E-state index is 0.234. The Kier molecular flexibility index (Phi) is 2.80. The van der Waals surface area contributed by atoms with Crippen LogP contribution in [0.3, 0.4) is 0 Å². The normalized spacial score (nSPS) is 9.88. The van der Waals surface area contributed by atoms with Gasteiger partial charge in [0.25, 0.3) is 0 Å². The number of aromatic amines is 1. The molecule has 6 nitrogen and oxygen atoms in total. The third-order valence-corrected chi connectivity index (χ3v) is 2.52. The first-order chi connectivity index (χ1) is 8.17. The van der Waals surface area contributed by atoms with E-state index in [2.05, 4.69) is 10.2 Å². The van der Waals surface area contributed by atoms with E-state index in [0.717, 1.165) is 0 Å². The van der Waals surface area contributed by atoms with Crippen LogP contribution in [0.1, 0.15) is 5.56 Å². The number of nitrogens with zero attached hydrogens (tertiary/aromatic N) is 3. The van der Waals surface area contributed by atoms with Crippen molar-refractivity contribution < 1.29 is 4.74 Å². The molecule has 0 unspecified atom stereocenters. The van der Waals surface area contributed by atoms with E-state index in [-0.39, 0.29) is 5.95 Å². The first kappa shape index (κ1) is 11.2. The third kappa shape index (κ3) is 1.86. The Balaban J connectivity index is 2.69. The lowest BCUT2D eigenvalue weighted by Gasteiger charge is -2.09. The van der Waals surface area contributed by atoms with Gasteiger partial charge in [-0.1, -0.05) is 0 Å². The van der Waals surface area contributed by atoms with Crippen molar-refractivity contribution in [2.24, 2.45) is 0 Å². The Bertz CT molecular complexity index is 651. The van der Waals surface area contributed by atoms with E-state index in [1.54, 1.807) is 18.2 Å². The van der Waals surface area contributed by atoms with Crippen molar-refractivity contribution in [2.75, 3.05) is 12.8 Å². The van der Waals surface area contributed by atoms with Crippen LogP contribution < -0.4 is 10.5 Å². The van der Waals surface area contributed by atoms with Gasteiger partial charge in [0.1, 0.15) is 5.75 Å².